The van der Waals surface area contributed by atoms with E-state index in [9.17, 15) is 14.5 Å². The minimum atomic E-state index is -0.755. The van der Waals surface area contributed by atoms with E-state index in [0.29, 0.717) is 0 Å². The van der Waals surface area contributed by atoms with Gasteiger partial charge in [-0.15, -0.1) is 10.2 Å². The van der Waals surface area contributed by atoms with E-state index in [1.807, 2.05) is 0 Å². The maximum Gasteiger partial charge on any atom is 0.271 e. The van der Waals surface area contributed by atoms with Gasteiger partial charge in [0.05, 0.1) is 4.92 Å². The van der Waals surface area contributed by atoms with E-state index in [0.717, 1.165) is 18.2 Å². The normalized spacial score (nSPS) is 11.0. The Morgan fingerprint density at radius 2 is 2.11 bits per heavy atom. The minimum Gasteiger partial charge on any atom is -0.382 e. The second-order valence-electron chi connectivity index (χ2n) is 3.46. The average molecular weight is 265 g/mol. The van der Waals surface area contributed by atoms with Gasteiger partial charge in [0, 0.05) is 12.1 Å². The molecule has 98 valence electrons. The van der Waals surface area contributed by atoms with Crippen LogP contribution in [0.1, 0.15) is 0 Å². The quantitative estimate of drug-likeness (QED) is 0.441. The molecule has 0 radical (unpaired) electrons. The lowest BCUT2D eigenvalue weighted by Gasteiger charge is -1.96. The number of halogens is 1. The molecule has 10 heteroatoms. The van der Waals surface area contributed by atoms with Gasteiger partial charge in [-0.05, 0) is 6.07 Å². The van der Waals surface area contributed by atoms with Crippen LogP contribution in [0.15, 0.2) is 28.4 Å². The molecule has 0 aliphatic carbocycles. The van der Waals surface area contributed by atoms with Crippen LogP contribution in [0.4, 0.5) is 33.1 Å². The Morgan fingerprint density at radius 3 is 2.68 bits per heavy atom. The number of nitro groups is 1. The molecule has 0 saturated carbocycles. The van der Waals surface area contributed by atoms with Crippen LogP contribution in [0.5, 0.6) is 0 Å². The van der Waals surface area contributed by atoms with E-state index in [4.69, 9.17) is 11.5 Å². The molecule has 0 saturated heterocycles. The summed E-state index contributed by atoms with van der Waals surface area (Å²) in [6.45, 7) is 0. The Morgan fingerprint density at radius 1 is 1.37 bits per heavy atom. The van der Waals surface area contributed by atoms with E-state index >= 15 is 0 Å². The summed E-state index contributed by atoms with van der Waals surface area (Å²) in [5.74, 6) is -0.700. The van der Waals surface area contributed by atoms with Gasteiger partial charge in [0.1, 0.15) is 11.5 Å². The fourth-order valence-electron chi connectivity index (χ4n) is 1.26. The van der Waals surface area contributed by atoms with Crippen molar-refractivity contribution in [2.75, 3.05) is 11.5 Å². The number of anilines is 2. The van der Waals surface area contributed by atoms with Gasteiger partial charge in [0.25, 0.3) is 5.69 Å². The molecule has 0 aliphatic heterocycles. The Balaban J connectivity index is 2.38. The molecule has 0 amide bonds. The molecule has 5 N–H and O–H groups in total. The summed E-state index contributed by atoms with van der Waals surface area (Å²) in [7, 11) is 0. The zero-order valence-corrected chi connectivity index (χ0v) is 9.37. The molecular weight excluding hydrogens is 257 g/mol. The smallest absolute Gasteiger partial charge is 0.271 e. The van der Waals surface area contributed by atoms with Crippen molar-refractivity contribution < 1.29 is 9.31 Å². The van der Waals surface area contributed by atoms with Crippen molar-refractivity contribution in [3.8, 4) is 0 Å². The Hall–Kier alpha value is -3.04. The first-order valence-corrected chi connectivity index (χ1v) is 4.94. The highest BCUT2D eigenvalue weighted by molar-refractivity contribution is 5.70. The highest BCUT2D eigenvalue weighted by Crippen LogP contribution is 2.30. The summed E-state index contributed by atoms with van der Waals surface area (Å²) in [6.07, 6.45) is 0. The lowest BCUT2D eigenvalue weighted by molar-refractivity contribution is -0.384. The molecule has 0 aliphatic rings. The SMILES string of the molecule is Nc1n[nH]c(N)c1N=Nc1cc([N+](=O)[O-])ccc1F. The fraction of sp³-hybridized carbons (Fsp3) is 0. The van der Waals surface area contributed by atoms with E-state index < -0.39 is 10.7 Å². The third kappa shape index (κ3) is 2.46. The van der Waals surface area contributed by atoms with E-state index in [1.165, 1.54) is 0 Å². The van der Waals surface area contributed by atoms with Crippen molar-refractivity contribution in [3.05, 3.63) is 34.1 Å². The molecular formula is C9H8FN7O2. The lowest BCUT2D eigenvalue weighted by Crippen LogP contribution is -1.88. The number of rotatable bonds is 3. The fourth-order valence-corrected chi connectivity index (χ4v) is 1.26. The van der Waals surface area contributed by atoms with Gasteiger partial charge < -0.3 is 11.5 Å². The first-order chi connectivity index (χ1) is 8.99. The number of nitrogens with one attached hydrogen (secondary N) is 1. The number of non-ortho nitro benzene ring substituents is 1. The number of benzene rings is 1. The number of hydrogen-bond acceptors (Lipinski definition) is 7. The number of nitro benzene ring substituents is 1. The highest BCUT2D eigenvalue weighted by Gasteiger charge is 2.11. The maximum atomic E-state index is 13.4. The molecule has 1 aromatic carbocycles. The molecule has 2 rings (SSSR count). The van der Waals surface area contributed by atoms with Crippen molar-refractivity contribution in [1.29, 1.82) is 0 Å². The molecule has 0 bridgehead atoms. The predicted molar refractivity (Wildman–Crippen MR) is 64.6 cm³/mol. The first kappa shape index (κ1) is 12.4. The zero-order chi connectivity index (χ0) is 14.0. The summed E-state index contributed by atoms with van der Waals surface area (Å²) >= 11 is 0. The summed E-state index contributed by atoms with van der Waals surface area (Å²) in [5, 5.41) is 23.6. The molecule has 0 atom stereocenters. The standard InChI is InChI=1S/C9H8FN7O2/c10-5-2-1-4(17(18)19)3-6(5)13-14-7-8(11)15-16-9(7)12/h1-3H,(H5,11,12,15,16). The number of aromatic amines is 1. The lowest BCUT2D eigenvalue weighted by atomic mass is 10.3. The minimum absolute atomic E-state index is 0.00732. The van der Waals surface area contributed by atoms with Gasteiger partial charge in [0.2, 0.25) is 0 Å². The van der Waals surface area contributed by atoms with Crippen LogP contribution in [0.2, 0.25) is 0 Å². The van der Waals surface area contributed by atoms with Crippen molar-refractivity contribution in [1.82, 2.24) is 10.2 Å². The molecule has 2 aromatic rings. The first-order valence-electron chi connectivity index (χ1n) is 4.94. The molecule has 1 aromatic heterocycles. The molecule has 0 spiro atoms. The van der Waals surface area contributed by atoms with E-state index in [1.54, 1.807) is 0 Å². The van der Waals surface area contributed by atoms with Gasteiger partial charge in [-0.1, -0.05) is 0 Å². The maximum absolute atomic E-state index is 13.4. The van der Waals surface area contributed by atoms with Gasteiger partial charge in [0.15, 0.2) is 17.3 Å². The number of nitrogen functional groups attached to an aromatic ring is 2. The second-order valence-corrected chi connectivity index (χ2v) is 3.46. The van der Waals surface area contributed by atoms with Crippen LogP contribution < -0.4 is 11.5 Å². The third-order valence-corrected chi connectivity index (χ3v) is 2.19. The van der Waals surface area contributed by atoms with Crippen LogP contribution in [0, 0.1) is 15.9 Å². The van der Waals surface area contributed by atoms with Crippen LogP contribution in [0.25, 0.3) is 0 Å². The number of hydrogen-bond donors (Lipinski definition) is 3. The van der Waals surface area contributed by atoms with Crippen molar-refractivity contribution >= 4 is 28.7 Å². The van der Waals surface area contributed by atoms with E-state index in [-0.39, 0.29) is 28.7 Å². The molecule has 1 heterocycles. The molecule has 0 fully saturated rings. The molecule has 0 unspecified atom stereocenters. The number of nitrogens with zero attached hydrogens (tertiary/aromatic N) is 4. The van der Waals surface area contributed by atoms with Crippen molar-refractivity contribution in [2.45, 2.75) is 0 Å². The monoisotopic (exact) mass is 265 g/mol. The van der Waals surface area contributed by atoms with Crippen LogP contribution in [-0.4, -0.2) is 15.1 Å². The van der Waals surface area contributed by atoms with Crippen molar-refractivity contribution in [2.24, 2.45) is 10.2 Å². The van der Waals surface area contributed by atoms with Crippen LogP contribution >= 0.6 is 0 Å². The van der Waals surface area contributed by atoms with Gasteiger partial charge >= 0.3 is 0 Å². The van der Waals surface area contributed by atoms with Crippen LogP contribution in [-0.2, 0) is 0 Å². The van der Waals surface area contributed by atoms with Crippen molar-refractivity contribution in [3.63, 3.8) is 0 Å². The predicted octanol–water partition coefficient (Wildman–Crippen LogP) is 2.04. The summed E-state index contributed by atoms with van der Waals surface area (Å²) < 4.78 is 13.4. The Labute approximate surface area is 105 Å². The topological polar surface area (TPSA) is 149 Å². The second kappa shape index (κ2) is 4.68. The Kier molecular flexibility index (Phi) is 3.06. The van der Waals surface area contributed by atoms with Crippen LogP contribution in [0.3, 0.4) is 0 Å². The Bertz CT molecular complexity index is 647. The number of azo groups is 1. The van der Waals surface area contributed by atoms with Gasteiger partial charge in [-0.2, -0.15) is 5.10 Å². The van der Waals surface area contributed by atoms with Gasteiger partial charge in [-0.3, -0.25) is 15.2 Å². The average Bonchev–Trinajstić information content (AvgIpc) is 2.68. The summed E-state index contributed by atoms with van der Waals surface area (Å²) in [6, 6.07) is 2.90. The molecule has 19 heavy (non-hydrogen) atoms. The van der Waals surface area contributed by atoms with Gasteiger partial charge in [-0.25, -0.2) is 4.39 Å². The summed E-state index contributed by atoms with van der Waals surface area (Å²) in [4.78, 5) is 9.89. The highest BCUT2D eigenvalue weighted by atomic mass is 19.1. The van der Waals surface area contributed by atoms with E-state index in [2.05, 4.69) is 20.4 Å². The number of aromatic nitrogens is 2. The number of nitrogens with two attached hydrogens (primary N) is 2. The zero-order valence-electron chi connectivity index (χ0n) is 9.37. The largest absolute Gasteiger partial charge is 0.382 e. The molecule has 9 nitrogen and oxygen atoms in total. The number of H-pyrrole nitrogens is 1. The summed E-state index contributed by atoms with van der Waals surface area (Å²) in [5.41, 5.74) is 10.4. The third-order valence-electron chi connectivity index (χ3n) is 2.19.